The first-order valence-corrected chi connectivity index (χ1v) is 4.46. The summed E-state index contributed by atoms with van der Waals surface area (Å²) in [6.45, 7) is 0.841. The summed E-state index contributed by atoms with van der Waals surface area (Å²) >= 11 is 1.68. The topological polar surface area (TPSA) is 40.5 Å². The molecular formula is C6H9NO2S. The van der Waals surface area contributed by atoms with E-state index in [1.54, 1.807) is 16.7 Å². The van der Waals surface area contributed by atoms with Crippen molar-refractivity contribution < 1.29 is 9.90 Å². The average molecular weight is 159 g/mol. The quantitative estimate of drug-likeness (QED) is 0.491. The van der Waals surface area contributed by atoms with Gasteiger partial charge < -0.3 is 10.0 Å². The maximum absolute atomic E-state index is 10.9. The zero-order valence-corrected chi connectivity index (χ0v) is 6.30. The Kier molecular flexibility index (Phi) is 1.38. The van der Waals surface area contributed by atoms with E-state index in [2.05, 4.69) is 0 Å². The highest BCUT2D eigenvalue weighted by molar-refractivity contribution is 8.00. The van der Waals surface area contributed by atoms with Gasteiger partial charge in [-0.15, -0.1) is 11.8 Å². The van der Waals surface area contributed by atoms with E-state index in [0.29, 0.717) is 0 Å². The van der Waals surface area contributed by atoms with Gasteiger partial charge in [0.2, 0.25) is 0 Å². The highest BCUT2D eigenvalue weighted by Gasteiger charge is 2.47. The van der Waals surface area contributed by atoms with Gasteiger partial charge in [0.05, 0.1) is 0 Å². The van der Waals surface area contributed by atoms with Gasteiger partial charge in [-0.2, -0.15) is 0 Å². The number of aliphatic hydroxyl groups excluding tert-OH is 1. The largest absolute Gasteiger partial charge is 0.380 e. The third-order valence-electron chi connectivity index (χ3n) is 1.95. The van der Waals surface area contributed by atoms with Crippen LogP contribution < -0.4 is 0 Å². The molecule has 0 aliphatic carbocycles. The van der Waals surface area contributed by atoms with E-state index in [1.807, 2.05) is 0 Å². The highest BCUT2D eigenvalue weighted by atomic mass is 32.2. The second-order valence-electron chi connectivity index (χ2n) is 2.59. The summed E-state index contributed by atoms with van der Waals surface area (Å²) in [5, 5.41) is 9.18. The Morgan fingerprint density at radius 2 is 2.50 bits per heavy atom. The summed E-state index contributed by atoms with van der Waals surface area (Å²) in [6, 6.07) is 0. The lowest BCUT2D eigenvalue weighted by atomic mass is 10.1. The van der Waals surface area contributed by atoms with E-state index in [9.17, 15) is 4.79 Å². The fourth-order valence-corrected chi connectivity index (χ4v) is 2.59. The van der Waals surface area contributed by atoms with Crippen molar-refractivity contribution in [3.63, 3.8) is 0 Å². The summed E-state index contributed by atoms with van der Waals surface area (Å²) in [6.07, 6.45) is 0.366. The Morgan fingerprint density at radius 3 is 3.20 bits per heavy atom. The zero-order valence-electron chi connectivity index (χ0n) is 5.49. The number of β-lactam (4-membered cyclic amide) rings is 1. The van der Waals surface area contributed by atoms with Crippen LogP contribution in [0.4, 0.5) is 0 Å². The van der Waals surface area contributed by atoms with Crippen molar-refractivity contribution in [3.8, 4) is 0 Å². The maximum Gasteiger partial charge on any atom is 0.255 e. The Bertz CT molecular complexity index is 173. The van der Waals surface area contributed by atoms with Gasteiger partial charge in [0.1, 0.15) is 5.37 Å². The monoisotopic (exact) mass is 159 g/mol. The summed E-state index contributed by atoms with van der Waals surface area (Å²) < 4.78 is 0. The molecule has 56 valence electrons. The number of aliphatic hydroxyl groups is 1. The smallest absolute Gasteiger partial charge is 0.255 e. The second kappa shape index (κ2) is 2.13. The van der Waals surface area contributed by atoms with Crippen LogP contribution in [-0.4, -0.2) is 39.7 Å². The van der Waals surface area contributed by atoms with Crippen molar-refractivity contribution >= 4 is 17.7 Å². The van der Waals surface area contributed by atoms with E-state index >= 15 is 0 Å². The molecule has 2 atom stereocenters. The number of rotatable bonds is 0. The number of hydrogen-bond acceptors (Lipinski definition) is 3. The minimum atomic E-state index is -0.703. The molecule has 2 aliphatic rings. The molecule has 2 rings (SSSR count). The molecular weight excluding hydrogens is 150 g/mol. The molecule has 2 aliphatic heterocycles. The Hall–Kier alpha value is -0.220. The molecule has 0 aromatic heterocycles. The van der Waals surface area contributed by atoms with Crippen LogP contribution in [0, 0.1) is 0 Å². The van der Waals surface area contributed by atoms with Crippen LogP contribution in [0.25, 0.3) is 0 Å². The number of carbonyl (C=O) groups excluding carboxylic acids is 1. The SMILES string of the molecule is O=C1C(O)[C@@H]2SCCCN12. The highest BCUT2D eigenvalue weighted by Crippen LogP contribution is 2.33. The lowest BCUT2D eigenvalue weighted by molar-refractivity contribution is -0.159. The van der Waals surface area contributed by atoms with Gasteiger partial charge in [-0.3, -0.25) is 4.79 Å². The van der Waals surface area contributed by atoms with Crippen LogP contribution in [0.3, 0.4) is 0 Å². The van der Waals surface area contributed by atoms with Gasteiger partial charge in [0.15, 0.2) is 6.10 Å². The summed E-state index contributed by atoms with van der Waals surface area (Å²) in [5.41, 5.74) is 0. The van der Waals surface area contributed by atoms with Crippen LogP contribution in [0.5, 0.6) is 0 Å². The molecule has 0 radical (unpaired) electrons. The van der Waals surface area contributed by atoms with Gasteiger partial charge >= 0.3 is 0 Å². The van der Waals surface area contributed by atoms with E-state index in [0.717, 1.165) is 18.7 Å². The second-order valence-corrected chi connectivity index (χ2v) is 3.82. The average Bonchev–Trinajstić information content (AvgIpc) is 2.03. The van der Waals surface area contributed by atoms with Crippen LogP contribution in [0.1, 0.15) is 6.42 Å². The molecule has 0 bridgehead atoms. The fraction of sp³-hybridized carbons (Fsp3) is 0.833. The molecule has 2 fully saturated rings. The minimum absolute atomic E-state index is 0.0845. The first-order chi connectivity index (χ1) is 4.80. The number of hydrogen-bond donors (Lipinski definition) is 1. The van der Waals surface area contributed by atoms with Crippen LogP contribution >= 0.6 is 11.8 Å². The van der Waals surface area contributed by atoms with E-state index in [-0.39, 0.29) is 11.3 Å². The Labute approximate surface area is 63.4 Å². The van der Waals surface area contributed by atoms with Crippen molar-refractivity contribution in [2.75, 3.05) is 12.3 Å². The molecule has 3 nitrogen and oxygen atoms in total. The molecule has 1 unspecified atom stereocenters. The predicted octanol–water partition coefficient (Wildman–Crippen LogP) is -0.348. The number of nitrogens with zero attached hydrogens (tertiary/aromatic N) is 1. The third-order valence-corrected chi connectivity index (χ3v) is 3.32. The lowest BCUT2D eigenvalue weighted by Crippen LogP contribution is -2.64. The lowest BCUT2D eigenvalue weighted by Gasteiger charge is -2.46. The molecule has 2 heterocycles. The number of fused-ring (bicyclic) bond motifs is 1. The van der Waals surface area contributed by atoms with Gasteiger partial charge in [-0.25, -0.2) is 0 Å². The molecule has 0 saturated carbocycles. The summed E-state index contributed by atoms with van der Waals surface area (Å²) in [4.78, 5) is 12.6. The normalized spacial score (nSPS) is 38.9. The fourth-order valence-electron chi connectivity index (χ4n) is 1.36. The van der Waals surface area contributed by atoms with Gasteiger partial charge in [0, 0.05) is 6.54 Å². The standard InChI is InChI=1S/C6H9NO2S/c8-4-5(9)7-2-1-3-10-6(4)7/h4,6,8H,1-3H2/t4?,6-/m0/s1. The molecule has 0 aromatic rings. The number of amides is 1. The third kappa shape index (κ3) is 0.689. The van der Waals surface area contributed by atoms with E-state index in [1.165, 1.54) is 0 Å². The van der Waals surface area contributed by atoms with Gasteiger partial charge in [0.25, 0.3) is 5.91 Å². The minimum Gasteiger partial charge on any atom is -0.380 e. The number of thioether (sulfide) groups is 1. The molecule has 1 amide bonds. The first-order valence-electron chi connectivity index (χ1n) is 3.41. The van der Waals surface area contributed by atoms with Crippen LogP contribution in [-0.2, 0) is 4.79 Å². The summed E-state index contributed by atoms with van der Waals surface area (Å²) in [7, 11) is 0. The number of carbonyl (C=O) groups is 1. The van der Waals surface area contributed by atoms with Gasteiger partial charge in [-0.1, -0.05) is 0 Å². The molecule has 0 spiro atoms. The first kappa shape index (κ1) is 6.49. The summed E-state index contributed by atoms with van der Waals surface area (Å²) in [5.74, 6) is 0.989. The Morgan fingerprint density at radius 1 is 1.70 bits per heavy atom. The van der Waals surface area contributed by atoms with E-state index in [4.69, 9.17) is 5.11 Å². The Balaban J connectivity index is 2.06. The van der Waals surface area contributed by atoms with Crippen molar-refractivity contribution in [1.82, 2.24) is 4.90 Å². The van der Waals surface area contributed by atoms with Crippen molar-refractivity contribution in [2.45, 2.75) is 17.9 Å². The van der Waals surface area contributed by atoms with Crippen molar-refractivity contribution in [2.24, 2.45) is 0 Å². The zero-order chi connectivity index (χ0) is 7.14. The van der Waals surface area contributed by atoms with Crippen molar-refractivity contribution in [3.05, 3.63) is 0 Å². The molecule has 2 saturated heterocycles. The molecule has 10 heavy (non-hydrogen) atoms. The predicted molar refractivity (Wildman–Crippen MR) is 38.6 cm³/mol. The molecule has 4 heteroatoms. The van der Waals surface area contributed by atoms with E-state index < -0.39 is 6.10 Å². The van der Waals surface area contributed by atoms with Crippen molar-refractivity contribution in [1.29, 1.82) is 0 Å². The van der Waals surface area contributed by atoms with Crippen LogP contribution in [0.2, 0.25) is 0 Å². The molecule has 0 aromatic carbocycles. The maximum atomic E-state index is 10.9. The molecule has 1 N–H and O–H groups in total. The van der Waals surface area contributed by atoms with Gasteiger partial charge in [-0.05, 0) is 12.2 Å². The van der Waals surface area contributed by atoms with Crippen LogP contribution in [0.15, 0.2) is 0 Å².